The first kappa shape index (κ1) is 22.4. The first-order valence-electron chi connectivity index (χ1n) is 10.6. The topological polar surface area (TPSA) is 71.2 Å². The highest BCUT2D eigenvalue weighted by Crippen LogP contribution is 2.34. The molecule has 3 heterocycles. The van der Waals surface area contributed by atoms with Gasteiger partial charge in [0.25, 0.3) is 5.91 Å². The molecule has 0 bridgehead atoms. The van der Waals surface area contributed by atoms with Gasteiger partial charge in [-0.15, -0.1) is 11.3 Å². The number of benzene rings is 1. The van der Waals surface area contributed by atoms with Crippen LogP contribution in [0.1, 0.15) is 53.0 Å². The molecule has 3 N–H and O–H groups in total. The quantitative estimate of drug-likeness (QED) is 0.552. The lowest BCUT2D eigenvalue weighted by atomic mass is 9.99. The van der Waals surface area contributed by atoms with Crippen LogP contribution in [0.4, 0.5) is 24.5 Å². The van der Waals surface area contributed by atoms with E-state index >= 15 is 0 Å². The fourth-order valence-electron chi connectivity index (χ4n) is 4.01. The molecule has 1 amide bonds. The van der Waals surface area contributed by atoms with Gasteiger partial charge in [-0.1, -0.05) is 6.92 Å². The second-order valence-corrected chi connectivity index (χ2v) is 9.24. The maximum atomic E-state index is 14.8. The number of carbonyl (C=O) groups is 1. The van der Waals surface area contributed by atoms with Crippen molar-refractivity contribution in [2.24, 2.45) is 0 Å². The first-order chi connectivity index (χ1) is 15.3. The van der Waals surface area contributed by atoms with Gasteiger partial charge >= 0.3 is 0 Å². The number of hydrogen-bond acceptors (Lipinski definition) is 5. The number of aryl methyl sites for hydroxylation is 1. The van der Waals surface area contributed by atoms with Gasteiger partial charge in [0.1, 0.15) is 27.2 Å². The van der Waals surface area contributed by atoms with E-state index in [0.29, 0.717) is 10.2 Å². The molecule has 1 aromatic carbocycles. The van der Waals surface area contributed by atoms with Gasteiger partial charge in [-0.05, 0) is 43.9 Å². The SMILES string of the molecule is Cc1nc2sc(C(=O)NC[C@H](C)c3cc(F)c(N4CCCCC4)cc3F)c(N)c2cc1F. The highest BCUT2D eigenvalue weighted by Gasteiger charge is 2.22. The minimum atomic E-state index is -0.495. The average molecular weight is 463 g/mol. The lowest BCUT2D eigenvalue weighted by Gasteiger charge is -2.29. The summed E-state index contributed by atoms with van der Waals surface area (Å²) in [5, 5.41) is 3.11. The first-order valence-corrected chi connectivity index (χ1v) is 11.4. The molecular weight excluding hydrogens is 437 g/mol. The Morgan fingerprint density at radius 2 is 1.88 bits per heavy atom. The van der Waals surface area contributed by atoms with Crippen LogP contribution in [0.2, 0.25) is 0 Å². The standard InChI is InChI=1S/C23H25F3N4OS/c1-12(14-8-18(26)19(10-17(14)25)30-6-4-3-5-7-30)11-28-22(31)21-20(27)15-9-16(24)13(2)29-23(15)32-21/h8-10,12H,3-7,11,27H2,1-2H3,(H,28,31)/t12-/m0/s1. The second kappa shape index (κ2) is 8.97. The Bertz CT molecular complexity index is 1170. The van der Waals surface area contributed by atoms with E-state index < -0.39 is 29.3 Å². The van der Waals surface area contributed by atoms with Crippen molar-refractivity contribution in [1.82, 2.24) is 10.3 Å². The van der Waals surface area contributed by atoms with Crippen LogP contribution in [0.25, 0.3) is 10.2 Å². The number of nitrogens with two attached hydrogens (primary N) is 1. The minimum Gasteiger partial charge on any atom is -0.397 e. The normalized spacial score (nSPS) is 15.2. The Morgan fingerprint density at radius 3 is 2.59 bits per heavy atom. The van der Waals surface area contributed by atoms with E-state index in [0.717, 1.165) is 43.7 Å². The highest BCUT2D eigenvalue weighted by molar-refractivity contribution is 7.21. The van der Waals surface area contributed by atoms with Gasteiger partial charge in [-0.2, -0.15) is 0 Å². The summed E-state index contributed by atoms with van der Waals surface area (Å²) in [6.45, 7) is 4.78. The maximum absolute atomic E-state index is 14.8. The third-order valence-corrected chi connectivity index (χ3v) is 7.03. The zero-order chi connectivity index (χ0) is 23.0. The van der Waals surface area contributed by atoms with Crippen LogP contribution < -0.4 is 16.0 Å². The largest absolute Gasteiger partial charge is 0.397 e. The van der Waals surface area contributed by atoms with Crippen LogP contribution in [0, 0.1) is 24.4 Å². The summed E-state index contributed by atoms with van der Waals surface area (Å²) in [7, 11) is 0. The number of anilines is 2. The van der Waals surface area contributed by atoms with E-state index in [4.69, 9.17) is 5.73 Å². The van der Waals surface area contributed by atoms with E-state index in [9.17, 15) is 18.0 Å². The number of aromatic nitrogens is 1. The van der Waals surface area contributed by atoms with Gasteiger partial charge < -0.3 is 16.0 Å². The number of nitrogen functional groups attached to an aromatic ring is 1. The Kier molecular flexibility index (Phi) is 6.28. The molecule has 3 aromatic rings. The van der Waals surface area contributed by atoms with E-state index in [1.54, 1.807) is 6.92 Å². The number of pyridine rings is 1. The monoisotopic (exact) mass is 462 g/mol. The summed E-state index contributed by atoms with van der Waals surface area (Å²) in [6, 6.07) is 3.74. The summed E-state index contributed by atoms with van der Waals surface area (Å²) in [6.07, 6.45) is 3.03. The molecule has 170 valence electrons. The molecule has 0 saturated carbocycles. The second-order valence-electron chi connectivity index (χ2n) is 8.24. The number of rotatable bonds is 5. The van der Waals surface area contributed by atoms with Gasteiger partial charge in [-0.3, -0.25) is 4.79 Å². The molecule has 1 aliphatic rings. The van der Waals surface area contributed by atoms with Gasteiger partial charge in [-0.25, -0.2) is 18.2 Å². The number of thiophene rings is 1. The zero-order valence-corrected chi connectivity index (χ0v) is 18.8. The third-order valence-electron chi connectivity index (χ3n) is 5.92. The molecule has 2 aromatic heterocycles. The van der Waals surface area contributed by atoms with Crippen molar-refractivity contribution in [2.75, 3.05) is 30.3 Å². The van der Waals surface area contributed by atoms with Crippen molar-refractivity contribution in [2.45, 2.75) is 39.0 Å². The third kappa shape index (κ3) is 4.26. The van der Waals surface area contributed by atoms with Crippen LogP contribution in [-0.2, 0) is 0 Å². The van der Waals surface area contributed by atoms with Crippen LogP contribution >= 0.6 is 11.3 Å². The van der Waals surface area contributed by atoms with Gasteiger partial charge in [0.05, 0.1) is 17.1 Å². The Balaban J connectivity index is 1.48. The summed E-state index contributed by atoms with van der Waals surface area (Å²) >= 11 is 1.07. The van der Waals surface area contributed by atoms with Gasteiger partial charge in [0.2, 0.25) is 0 Å². The predicted octanol–water partition coefficient (Wildman–Crippen LogP) is 5.13. The maximum Gasteiger partial charge on any atom is 0.263 e. The molecule has 0 radical (unpaired) electrons. The number of halogens is 3. The molecule has 0 spiro atoms. The highest BCUT2D eigenvalue weighted by atomic mass is 32.1. The lowest BCUT2D eigenvalue weighted by molar-refractivity contribution is 0.0956. The number of hydrogen-bond donors (Lipinski definition) is 2. The minimum absolute atomic E-state index is 0.0900. The molecule has 32 heavy (non-hydrogen) atoms. The molecule has 0 aliphatic carbocycles. The number of carbonyl (C=O) groups excluding carboxylic acids is 1. The Labute approximate surface area is 188 Å². The smallest absolute Gasteiger partial charge is 0.263 e. The van der Waals surface area contributed by atoms with Crippen molar-refractivity contribution in [3.8, 4) is 0 Å². The van der Waals surface area contributed by atoms with E-state index in [1.807, 2.05) is 4.90 Å². The zero-order valence-electron chi connectivity index (χ0n) is 18.0. The summed E-state index contributed by atoms with van der Waals surface area (Å²) < 4.78 is 43.3. The van der Waals surface area contributed by atoms with Crippen LogP contribution in [0.5, 0.6) is 0 Å². The Hall–Kier alpha value is -2.81. The molecule has 1 fully saturated rings. The van der Waals surface area contributed by atoms with Crippen LogP contribution in [0.15, 0.2) is 18.2 Å². The number of nitrogens with one attached hydrogen (secondary N) is 1. The molecule has 1 aliphatic heterocycles. The molecule has 9 heteroatoms. The van der Waals surface area contributed by atoms with Crippen molar-refractivity contribution in [3.05, 3.63) is 51.8 Å². The number of amides is 1. The summed E-state index contributed by atoms with van der Waals surface area (Å²) in [5.74, 6) is -2.37. The molecule has 4 rings (SSSR count). The van der Waals surface area contributed by atoms with Crippen molar-refractivity contribution < 1.29 is 18.0 Å². The van der Waals surface area contributed by atoms with Crippen molar-refractivity contribution in [1.29, 1.82) is 0 Å². The predicted molar refractivity (Wildman–Crippen MR) is 122 cm³/mol. The summed E-state index contributed by atoms with van der Waals surface area (Å²) in [5.41, 5.74) is 6.91. The van der Waals surface area contributed by atoms with Crippen LogP contribution in [-0.4, -0.2) is 30.5 Å². The average Bonchev–Trinajstić information content (AvgIpc) is 3.09. The number of nitrogens with zero attached hydrogens (tertiary/aromatic N) is 2. The Morgan fingerprint density at radius 1 is 1.16 bits per heavy atom. The van der Waals surface area contributed by atoms with E-state index in [2.05, 4.69) is 10.3 Å². The van der Waals surface area contributed by atoms with Crippen molar-refractivity contribution >= 4 is 38.8 Å². The molecule has 5 nitrogen and oxygen atoms in total. The lowest BCUT2D eigenvalue weighted by Crippen LogP contribution is -2.30. The van der Waals surface area contributed by atoms with Crippen molar-refractivity contribution in [3.63, 3.8) is 0 Å². The molecule has 1 atom stereocenters. The van der Waals surface area contributed by atoms with E-state index in [1.165, 1.54) is 25.1 Å². The molecular formula is C23H25F3N4OS. The van der Waals surface area contributed by atoms with Gasteiger partial charge in [0, 0.05) is 37.0 Å². The van der Waals surface area contributed by atoms with Gasteiger partial charge in [0.15, 0.2) is 0 Å². The molecule has 1 saturated heterocycles. The number of piperidine rings is 1. The summed E-state index contributed by atoms with van der Waals surface area (Å²) in [4.78, 5) is 19.4. The number of fused-ring (bicyclic) bond motifs is 1. The van der Waals surface area contributed by atoms with Crippen LogP contribution in [0.3, 0.4) is 0 Å². The fourth-order valence-corrected chi connectivity index (χ4v) is 5.05. The molecule has 0 unspecified atom stereocenters. The van der Waals surface area contributed by atoms with E-state index in [-0.39, 0.29) is 34.1 Å². The fraction of sp³-hybridized carbons (Fsp3) is 0.391.